The van der Waals surface area contributed by atoms with E-state index in [1.54, 1.807) is 7.11 Å². The quantitative estimate of drug-likeness (QED) is 0.377. The summed E-state index contributed by atoms with van der Waals surface area (Å²) >= 11 is 2.60. The van der Waals surface area contributed by atoms with Gasteiger partial charge in [-0.2, -0.15) is 0 Å². The van der Waals surface area contributed by atoms with E-state index in [0.717, 1.165) is 30.1 Å². The van der Waals surface area contributed by atoms with Gasteiger partial charge in [0.15, 0.2) is 5.16 Å². The number of hydrogen-bond donors (Lipinski definition) is 1. The van der Waals surface area contributed by atoms with Crippen molar-refractivity contribution < 1.29 is 19.1 Å². The van der Waals surface area contributed by atoms with Crippen LogP contribution in [0.5, 0.6) is 5.75 Å². The highest BCUT2D eigenvalue weighted by Crippen LogP contribution is 2.37. The van der Waals surface area contributed by atoms with Gasteiger partial charge in [-0.15, -0.1) is 21.5 Å². The second kappa shape index (κ2) is 10.5. The number of hydrogen-bond acceptors (Lipinski definition) is 8. The molecule has 0 aliphatic rings. The smallest absolute Gasteiger partial charge is 0.341 e. The normalized spacial score (nSPS) is 10.7. The minimum Gasteiger partial charge on any atom is -0.497 e. The van der Waals surface area contributed by atoms with Crippen LogP contribution in [0.2, 0.25) is 0 Å². The van der Waals surface area contributed by atoms with Crippen LogP contribution < -0.4 is 10.1 Å². The van der Waals surface area contributed by atoms with Gasteiger partial charge >= 0.3 is 5.97 Å². The Morgan fingerprint density at radius 1 is 1.19 bits per heavy atom. The lowest BCUT2D eigenvalue weighted by atomic mass is 10.0. The Balaban J connectivity index is 1.77. The van der Waals surface area contributed by atoms with E-state index in [2.05, 4.69) is 22.4 Å². The summed E-state index contributed by atoms with van der Waals surface area (Å²) in [6, 6.07) is 7.35. The molecule has 3 aromatic rings. The van der Waals surface area contributed by atoms with Crippen molar-refractivity contribution in [1.82, 2.24) is 14.8 Å². The van der Waals surface area contributed by atoms with Gasteiger partial charge in [0.25, 0.3) is 0 Å². The molecule has 0 saturated carbocycles. The highest BCUT2D eigenvalue weighted by Gasteiger charge is 2.22. The van der Waals surface area contributed by atoms with E-state index in [1.807, 2.05) is 41.1 Å². The number of thiophene rings is 1. The maximum atomic E-state index is 12.6. The third kappa shape index (κ3) is 5.26. The molecular formula is C21H24N4O4S2. The lowest BCUT2D eigenvalue weighted by Crippen LogP contribution is -2.16. The average molecular weight is 461 g/mol. The lowest BCUT2D eigenvalue weighted by Gasteiger charge is -2.09. The molecule has 0 fully saturated rings. The molecule has 0 spiro atoms. The number of ether oxygens (including phenoxy) is 2. The van der Waals surface area contributed by atoms with Crippen LogP contribution in [-0.4, -0.2) is 46.6 Å². The van der Waals surface area contributed by atoms with Crippen LogP contribution in [0.25, 0.3) is 11.1 Å². The maximum Gasteiger partial charge on any atom is 0.341 e. The fraction of sp³-hybridized carbons (Fsp3) is 0.333. The Labute approximate surface area is 189 Å². The Hall–Kier alpha value is -2.85. The predicted molar refractivity (Wildman–Crippen MR) is 122 cm³/mol. The van der Waals surface area contributed by atoms with Crippen LogP contribution in [-0.2, 0) is 16.1 Å². The zero-order chi connectivity index (χ0) is 22.4. The van der Waals surface area contributed by atoms with Crippen molar-refractivity contribution in [3.63, 3.8) is 0 Å². The number of nitrogens with one attached hydrogen (secondary N) is 1. The number of carbonyl (C=O) groups is 2. The molecule has 31 heavy (non-hydrogen) atoms. The minimum atomic E-state index is -0.506. The van der Waals surface area contributed by atoms with Crippen LogP contribution in [0.1, 0.15) is 29.5 Å². The molecular weight excluding hydrogens is 436 g/mol. The predicted octanol–water partition coefficient (Wildman–Crippen LogP) is 4.25. The van der Waals surface area contributed by atoms with Crippen molar-refractivity contribution in [2.75, 3.05) is 25.3 Å². The molecule has 1 N–H and O–H groups in total. The summed E-state index contributed by atoms with van der Waals surface area (Å²) in [5.74, 6) is 0.948. The summed E-state index contributed by atoms with van der Waals surface area (Å²) in [5, 5.41) is 14.1. The molecule has 10 heteroatoms. The lowest BCUT2D eigenvalue weighted by molar-refractivity contribution is -0.113. The van der Waals surface area contributed by atoms with E-state index in [0.29, 0.717) is 21.3 Å². The number of aryl methyl sites for hydroxylation is 1. The molecule has 0 atom stereocenters. The van der Waals surface area contributed by atoms with Crippen molar-refractivity contribution in [3.8, 4) is 16.9 Å². The number of carbonyl (C=O) groups excluding carboxylic acids is 2. The van der Waals surface area contributed by atoms with Crippen molar-refractivity contribution in [1.29, 1.82) is 0 Å². The Morgan fingerprint density at radius 3 is 2.58 bits per heavy atom. The first kappa shape index (κ1) is 22.8. The van der Waals surface area contributed by atoms with Gasteiger partial charge in [-0.05, 0) is 31.0 Å². The molecule has 1 amide bonds. The molecule has 1 aromatic carbocycles. The van der Waals surface area contributed by atoms with E-state index < -0.39 is 5.97 Å². The number of nitrogens with zero attached hydrogens (tertiary/aromatic N) is 3. The fourth-order valence-electron chi connectivity index (χ4n) is 2.98. The molecule has 0 aliphatic heterocycles. The van der Waals surface area contributed by atoms with Crippen LogP contribution in [0, 0.1) is 6.92 Å². The second-order valence-corrected chi connectivity index (χ2v) is 8.41. The Morgan fingerprint density at radius 2 is 1.94 bits per heavy atom. The standard InChI is InChI=1S/C21H24N4O4S2/c1-5-10-25-13(2)23-24-21(25)31-12-17(26)22-19-18(20(27)29-4)16(11-30-19)14-6-8-15(28-3)9-7-14/h6-9,11H,5,10,12H2,1-4H3,(H,22,26). The number of methoxy groups -OCH3 is 2. The number of rotatable bonds is 9. The van der Waals surface area contributed by atoms with Crippen LogP contribution in [0.15, 0.2) is 34.8 Å². The molecule has 0 radical (unpaired) electrons. The molecule has 0 unspecified atom stereocenters. The van der Waals surface area contributed by atoms with E-state index in [4.69, 9.17) is 9.47 Å². The van der Waals surface area contributed by atoms with Crippen LogP contribution in [0.4, 0.5) is 5.00 Å². The summed E-state index contributed by atoms with van der Waals surface area (Å²) in [6.45, 7) is 4.76. The number of aromatic nitrogens is 3. The maximum absolute atomic E-state index is 12.6. The summed E-state index contributed by atoms with van der Waals surface area (Å²) in [6.07, 6.45) is 0.949. The Bertz CT molecular complexity index is 1060. The van der Waals surface area contributed by atoms with Crippen molar-refractivity contribution in [3.05, 3.63) is 41.0 Å². The number of benzene rings is 1. The van der Waals surface area contributed by atoms with Crippen molar-refractivity contribution >= 4 is 40.0 Å². The molecule has 0 aliphatic carbocycles. The first-order valence-electron chi connectivity index (χ1n) is 9.65. The third-order valence-corrected chi connectivity index (χ3v) is 6.38. The summed E-state index contributed by atoms with van der Waals surface area (Å²) in [7, 11) is 2.92. The molecule has 0 saturated heterocycles. The van der Waals surface area contributed by atoms with Gasteiger partial charge in [-0.3, -0.25) is 4.79 Å². The zero-order valence-electron chi connectivity index (χ0n) is 17.8. The first-order valence-corrected chi connectivity index (χ1v) is 11.5. The number of thioether (sulfide) groups is 1. The summed E-state index contributed by atoms with van der Waals surface area (Å²) in [4.78, 5) is 25.1. The van der Waals surface area contributed by atoms with Crippen LogP contribution >= 0.6 is 23.1 Å². The topological polar surface area (TPSA) is 95.3 Å². The van der Waals surface area contributed by atoms with E-state index in [-0.39, 0.29) is 11.7 Å². The molecule has 2 aromatic heterocycles. The fourth-order valence-corrected chi connectivity index (χ4v) is 4.76. The van der Waals surface area contributed by atoms with E-state index >= 15 is 0 Å². The molecule has 0 bridgehead atoms. The zero-order valence-corrected chi connectivity index (χ0v) is 19.4. The van der Waals surface area contributed by atoms with Gasteiger partial charge in [0.1, 0.15) is 22.1 Å². The number of esters is 1. The summed E-state index contributed by atoms with van der Waals surface area (Å²) in [5.41, 5.74) is 1.86. The number of amides is 1. The van der Waals surface area contributed by atoms with E-state index in [9.17, 15) is 9.59 Å². The average Bonchev–Trinajstić information content (AvgIpc) is 3.35. The van der Waals surface area contributed by atoms with Crippen molar-refractivity contribution in [2.24, 2.45) is 0 Å². The molecule has 164 valence electrons. The van der Waals surface area contributed by atoms with Crippen LogP contribution in [0.3, 0.4) is 0 Å². The molecule has 2 heterocycles. The van der Waals surface area contributed by atoms with Gasteiger partial charge in [-0.1, -0.05) is 30.8 Å². The van der Waals surface area contributed by atoms with Gasteiger partial charge in [0.2, 0.25) is 5.91 Å². The number of anilines is 1. The SMILES string of the molecule is CCCn1c(C)nnc1SCC(=O)Nc1scc(-c2ccc(OC)cc2)c1C(=O)OC. The van der Waals surface area contributed by atoms with E-state index in [1.165, 1.54) is 30.2 Å². The second-order valence-electron chi connectivity index (χ2n) is 6.59. The highest BCUT2D eigenvalue weighted by atomic mass is 32.2. The van der Waals surface area contributed by atoms with Crippen molar-refractivity contribution in [2.45, 2.75) is 32.0 Å². The minimum absolute atomic E-state index is 0.151. The largest absolute Gasteiger partial charge is 0.497 e. The Kier molecular flexibility index (Phi) is 7.69. The highest BCUT2D eigenvalue weighted by molar-refractivity contribution is 7.99. The van der Waals surface area contributed by atoms with Gasteiger partial charge in [0, 0.05) is 17.5 Å². The third-order valence-electron chi connectivity index (χ3n) is 4.52. The van der Waals surface area contributed by atoms with Gasteiger partial charge in [-0.25, -0.2) is 4.79 Å². The molecule has 8 nitrogen and oxygen atoms in total. The first-order chi connectivity index (χ1) is 15.0. The summed E-state index contributed by atoms with van der Waals surface area (Å²) < 4.78 is 12.1. The van der Waals surface area contributed by atoms with Gasteiger partial charge < -0.3 is 19.4 Å². The van der Waals surface area contributed by atoms with Gasteiger partial charge in [0.05, 0.1) is 20.0 Å². The molecule has 3 rings (SSSR count). The monoisotopic (exact) mass is 460 g/mol.